The van der Waals surface area contributed by atoms with E-state index in [1.165, 1.54) is 0 Å². The number of aromatic amines is 1. The van der Waals surface area contributed by atoms with E-state index in [-0.39, 0.29) is 11.9 Å². The maximum absolute atomic E-state index is 11.9. The average molecular weight is 267 g/mol. The summed E-state index contributed by atoms with van der Waals surface area (Å²) >= 11 is 0. The molecule has 6 heteroatoms. The molecule has 1 amide bonds. The molecule has 0 radical (unpaired) electrons. The first-order valence-electron chi connectivity index (χ1n) is 7.04. The van der Waals surface area contributed by atoms with Crippen molar-refractivity contribution in [3.8, 4) is 0 Å². The minimum absolute atomic E-state index is 0.0779. The van der Waals surface area contributed by atoms with E-state index >= 15 is 0 Å². The molecule has 1 aliphatic rings. The van der Waals surface area contributed by atoms with E-state index in [0.717, 1.165) is 32.4 Å². The van der Waals surface area contributed by atoms with Crippen LogP contribution in [0.4, 0.5) is 5.82 Å². The van der Waals surface area contributed by atoms with Crippen LogP contribution in [0.15, 0.2) is 6.07 Å². The Morgan fingerprint density at radius 1 is 1.37 bits per heavy atom. The number of anilines is 1. The fourth-order valence-electron chi connectivity index (χ4n) is 1.99. The van der Waals surface area contributed by atoms with Gasteiger partial charge in [0.15, 0.2) is 0 Å². The lowest BCUT2D eigenvalue weighted by Gasteiger charge is -2.14. The van der Waals surface area contributed by atoms with Crippen molar-refractivity contribution in [2.45, 2.75) is 39.2 Å². The second-order valence-electron chi connectivity index (χ2n) is 4.27. The van der Waals surface area contributed by atoms with Crippen molar-refractivity contribution < 1.29 is 4.79 Å². The summed E-state index contributed by atoms with van der Waals surface area (Å²) in [7, 11) is 1.77. The topological polar surface area (TPSA) is 81.8 Å². The van der Waals surface area contributed by atoms with Crippen molar-refractivity contribution in [1.82, 2.24) is 20.8 Å². The predicted molar refractivity (Wildman–Crippen MR) is 77.5 cm³/mol. The van der Waals surface area contributed by atoms with Crippen molar-refractivity contribution >= 4 is 11.7 Å². The van der Waals surface area contributed by atoms with Crippen LogP contribution in [0.5, 0.6) is 0 Å². The number of amides is 1. The van der Waals surface area contributed by atoms with Crippen LogP contribution in [-0.4, -0.2) is 42.3 Å². The smallest absolute Gasteiger partial charge is 0.269 e. The number of carbonyl (C=O) groups excluding carboxylic acids is 1. The Morgan fingerprint density at radius 2 is 2.16 bits per heavy atom. The van der Waals surface area contributed by atoms with Crippen molar-refractivity contribution in [3.05, 3.63) is 11.8 Å². The largest absolute Gasteiger partial charge is 0.372 e. The highest BCUT2D eigenvalue weighted by molar-refractivity contribution is 5.93. The van der Waals surface area contributed by atoms with Crippen LogP contribution in [-0.2, 0) is 0 Å². The van der Waals surface area contributed by atoms with Crippen LogP contribution in [0.25, 0.3) is 0 Å². The van der Waals surface area contributed by atoms with Gasteiger partial charge in [-0.25, -0.2) is 0 Å². The SMILES string of the molecule is CC.CNc1cc(C(=O)NC2CCCNCC2)[nH]n1. The second-order valence-corrected chi connectivity index (χ2v) is 4.27. The fraction of sp³-hybridized carbons (Fsp3) is 0.692. The molecular weight excluding hydrogens is 242 g/mol. The van der Waals surface area contributed by atoms with Gasteiger partial charge in [0, 0.05) is 19.2 Å². The summed E-state index contributed by atoms with van der Waals surface area (Å²) in [5.41, 5.74) is 0.506. The van der Waals surface area contributed by atoms with Gasteiger partial charge in [0.2, 0.25) is 0 Å². The van der Waals surface area contributed by atoms with Crippen molar-refractivity contribution in [1.29, 1.82) is 0 Å². The van der Waals surface area contributed by atoms with Gasteiger partial charge in [-0.15, -0.1) is 0 Å². The van der Waals surface area contributed by atoms with Crippen LogP contribution in [0.3, 0.4) is 0 Å². The molecule has 4 N–H and O–H groups in total. The van der Waals surface area contributed by atoms with Crippen LogP contribution >= 0.6 is 0 Å². The lowest BCUT2D eigenvalue weighted by atomic mass is 10.1. The fourth-order valence-corrected chi connectivity index (χ4v) is 1.99. The molecule has 1 aliphatic heterocycles. The van der Waals surface area contributed by atoms with Crippen LogP contribution in [0.1, 0.15) is 43.6 Å². The number of carbonyl (C=O) groups is 1. The third-order valence-electron chi connectivity index (χ3n) is 2.99. The molecule has 0 spiro atoms. The quantitative estimate of drug-likeness (QED) is 0.666. The Labute approximate surface area is 114 Å². The number of nitrogens with one attached hydrogen (secondary N) is 4. The number of H-pyrrole nitrogens is 1. The van der Waals surface area contributed by atoms with Gasteiger partial charge in [-0.3, -0.25) is 9.89 Å². The first-order valence-corrected chi connectivity index (χ1v) is 7.04. The van der Waals surface area contributed by atoms with Gasteiger partial charge in [-0.2, -0.15) is 5.10 Å². The van der Waals surface area contributed by atoms with E-state index in [1.807, 2.05) is 13.8 Å². The van der Waals surface area contributed by atoms with E-state index in [0.29, 0.717) is 11.5 Å². The lowest BCUT2D eigenvalue weighted by Crippen LogP contribution is -2.35. The van der Waals surface area contributed by atoms with Crippen molar-refractivity contribution in [2.24, 2.45) is 0 Å². The Kier molecular flexibility index (Phi) is 6.95. The summed E-state index contributed by atoms with van der Waals surface area (Å²) in [4.78, 5) is 11.9. The van der Waals surface area contributed by atoms with Crippen molar-refractivity contribution in [2.75, 3.05) is 25.5 Å². The Morgan fingerprint density at radius 3 is 2.84 bits per heavy atom. The highest BCUT2D eigenvalue weighted by atomic mass is 16.2. The molecule has 2 rings (SSSR count). The number of rotatable bonds is 3. The van der Waals surface area contributed by atoms with Crippen LogP contribution in [0, 0.1) is 0 Å². The number of nitrogens with zero attached hydrogens (tertiary/aromatic N) is 1. The summed E-state index contributed by atoms with van der Waals surface area (Å²) < 4.78 is 0. The molecule has 1 atom stereocenters. The third kappa shape index (κ3) is 4.90. The summed E-state index contributed by atoms with van der Waals surface area (Å²) in [6, 6.07) is 1.98. The van der Waals surface area contributed by atoms with E-state index in [2.05, 4.69) is 26.1 Å². The summed E-state index contributed by atoms with van der Waals surface area (Å²) in [5.74, 6) is 0.601. The van der Waals surface area contributed by atoms with Crippen LogP contribution < -0.4 is 16.0 Å². The van der Waals surface area contributed by atoms with Gasteiger partial charge in [0.25, 0.3) is 5.91 Å². The molecule has 6 nitrogen and oxygen atoms in total. The lowest BCUT2D eigenvalue weighted by molar-refractivity contribution is 0.0929. The van der Waals surface area contributed by atoms with Gasteiger partial charge < -0.3 is 16.0 Å². The standard InChI is InChI=1S/C11H19N5O.C2H6/c1-12-10-7-9(15-16-10)11(17)14-8-3-2-5-13-6-4-8;1-2/h7-8,13H,2-6H2,1H3,(H,14,17)(H2,12,15,16);1-2H3. The first-order chi connectivity index (χ1) is 9.29. The average Bonchev–Trinajstić information content (AvgIpc) is 2.80. The highest BCUT2D eigenvalue weighted by Crippen LogP contribution is 2.08. The predicted octanol–water partition coefficient (Wildman–Crippen LogP) is 1.35. The molecule has 0 aliphatic carbocycles. The van der Waals surface area contributed by atoms with E-state index in [1.54, 1.807) is 13.1 Å². The molecule has 2 heterocycles. The summed E-state index contributed by atoms with van der Waals surface area (Å²) in [5, 5.41) is 15.9. The minimum Gasteiger partial charge on any atom is -0.372 e. The molecule has 0 aromatic carbocycles. The molecular formula is C13H25N5O. The maximum atomic E-state index is 11.9. The molecule has 1 aromatic heterocycles. The van der Waals surface area contributed by atoms with Crippen LogP contribution in [0.2, 0.25) is 0 Å². The summed E-state index contributed by atoms with van der Waals surface area (Å²) in [6.45, 7) is 6.01. The van der Waals surface area contributed by atoms with Crippen molar-refractivity contribution in [3.63, 3.8) is 0 Å². The molecule has 19 heavy (non-hydrogen) atoms. The number of hydrogen-bond donors (Lipinski definition) is 4. The molecule has 0 saturated carbocycles. The molecule has 1 aromatic rings. The van der Waals surface area contributed by atoms with Gasteiger partial charge in [-0.1, -0.05) is 13.8 Å². The zero-order valence-electron chi connectivity index (χ0n) is 12.0. The van der Waals surface area contributed by atoms with E-state index < -0.39 is 0 Å². The van der Waals surface area contributed by atoms with Gasteiger partial charge >= 0.3 is 0 Å². The molecule has 1 saturated heterocycles. The monoisotopic (exact) mass is 267 g/mol. The third-order valence-corrected chi connectivity index (χ3v) is 2.99. The minimum atomic E-state index is -0.0779. The zero-order chi connectivity index (χ0) is 14.1. The second kappa shape index (κ2) is 8.53. The maximum Gasteiger partial charge on any atom is 0.269 e. The summed E-state index contributed by atoms with van der Waals surface area (Å²) in [6.07, 6.45) is 3.13. The van der Waals surface area contributed by atoms with Gasteiger partial charge in [0.05, 0.1) is 0 Å². The molecule has 108 valence electrons. The molecule has 1 unspecified atom stereocenters. The van der Waals surface area contributed by atoms with Gasteiger partial charge in [0.1, 0.15) is 11.5 Å². The van der Waals surface area contributed by atoms with E-state index in [9.17, 15) is 4.79 Å². The normalized spacial score (nSPS) is 18.8. The molecule has 1 fully saturated rings. The van der Waals surface area contributed by atoms with E-state index in [4.69, 9.17) is 0 Å². The highest BCUT2D eigenvalue weighted by Gasteiger charge is 2.16. The Hall–Kier alpha value is -1.56. The number of aromatic nitrogens is 2. The zero-order valence-corrected chi connectivity index (χ0v) is 12.0. The number of hydrogen-bond acceptors (Lipinski definition) is 4. The first kappa shape index (κ1) is 15.5. The van der Waals surface area contributed by atoms with Gasteiger partial charge in [-0.05, 0) is 32.4 Å². The Bertz CT molecular complexity index is 369. The Balaban J connectivity index is 0.000000861. The molecule has 0 bridgehead atoms.